The van der Waals surface area contributed by atoms with Gasteiger partial charge in [-0.1, -0.05) is 6.07 Å². The van der Waals surface area contributed by atoms with Crippen molar-refractivity contribution >= 4 is 0 Å². The van der Waals surface area contributed by atoms with Crippen molar-refractivity contribution in [3.05, 3.63) is 54.6 Å². The molecule has 0 fully saturated rings. The van der Waals surface area contributed by atoms with E-state index in [2.05, 4.69) is 9.97 Å². The third-order valence-corrected chi connectivity index (χ3v) is 1.28. The van der Waals surface area contributed by atoms with Crippen molar-refractivity contribution in [1.82, 2.24) is 9.97 Å². The molecule has 0 atom stereocenters. The zero-order chi connectivity index (χ0) is 9.36. The fourth-order valence-electron chi connectivity index (χ4n) is 0.712. The molecule has 0 saturated carbocycles. The molecule has 1 N–H and O–H groups in total. The number of nitrogens with zero attached hydrogens (tertiary/aromatic N) is 2. The normalized spacial score (nSPS) is 7.92. The van der Waals surface area contributed by atoms with Crippen molar-refractivity contribution in [3.8, 4) is 6.07 Å². The summed E-state index contributed by atoms with van der Waals surface area (Å²) >= 11 is 0. The molecule has 64 valence electrons. The molecule has 0 aliphatic heterocycles. The molecule has 0 amide bonds. The number of rotatable bonds is 0. The van der Waals surface area contributed by atoms with Crippen LogP contribution in [0.15, 0.2) is 48.9 Å². The summed E-state index contributed by atoms with van der Waals surface area (Å²) in [5.74, 6) is 0. The maximum absolute atomic E-state index is 8.15. The molecule has 2 heterocycles. The Morgan fingerprint density at radius 2 is 1.92 bits per heavy atom. The molecule has 0 aromatic carbocycles. The highest BCUT2D eigenvalue weighted by molar-refractivity contribution is 5.18. The summed E-state index contributed by atoms with van der Waals surface area (Å²) < 4.78 is 0. The number of hydrogen-bond donors (Lipinski definition) is 1. The van der Waals surface area contributed by atoms with E-state index in [0.29, 0.717) is 5.69 Å². The molecule has 0 spiro atoms. The summed E-state index contributed by atoms with van der Waals surface area (Å²) in [6, 6.07) is 11.2. The van der Waals surface area contributed by atoms with Gasteiger partial charge in [-0.05, 0) is 24.3 Å². The fraction of sp³-hybridized carbons (Fsp3) is 0. The van der Waals surface area contributed by atoms with Crippen LogP contribution < -0.4 is 0 Å². The summed E-state index contributed by atoms with van der Waals surface area (Å²) in [6.45, 7) is 0. The number of pyridine rings is 1. The molecule has 13 heavy (non-hydrogen) atoms. The van der Waals surface area contributed by atoms with Gasteiger partial charge in [0.25, 0.3) is 0 Å². The number of aromatic amines is 1. The zero-order valence-electron chi connectivity index (χ0n) is 7.01. The molecule has 3 nitrogen and oxygen atoms in total. The first-order valence-electron chi connectivity index (χ1n) is 3.82. The molecule has 0 aliphatic carbocycles. The minimum Gasteiger partial charge on any atom is -0.353 e. The van der Waals surface area contributed by atoms with Crippen molar-refractivity contribution < 1.29 is 0 Å². The van der Waals surface area contributed by atoms with E-state index < -0.39 is 0 Å². The largest absolute Gasteiger partial charge is 0.353 e. The van der Waals surface area contributed by atoms with E-state index >= 15 is 0 Å². The fourth-order valence-corrected chi connectivity index (χ4v) is 0.712. The quantitative estimate of drug-likeness (QED) is 0.658. The van der Waals surface area contributed by atoms with E-state index in [4.69, 9.17) is 5.26 Å². The Kier molecular flexibility index (Phi) is 3.85. The van der Waals surface area contributed by atoms with Crippen LogP contribution in [0.2, 0.25) is 0 Å². The van der Waals surface area contributed by atoms with Crippen LogP contribution in [0.3, 0.4) is 0 Å². The first-order valence-corrected chi connectivity index (χ1v) is 3.82. The monoisotopic (exact) mass is 171 g/mol. The molecule has 2 rings (SSSR count). The van der Waals surface area contributed by atoms with Crippen LogP contribution in [0.1, 0.15) is 5.69 Å². The predicted molar refractivity (Wildman–Crippen MR) is 49.7 cm³/mol. The van der Waals surface area contributed by atoms with Crippen LogP contribution in [-0.4, -0.2) is 9.97 Å². The maximum atomic E-state index is 8.15. The predicted octanol–water partition coefficient (Wildman–Crippen LogP) is 1.97. The Bertz CT molecular complexity index is 319. The van der Waals surface area contributed by atoms with E-state index in [9.17, 15) is 0 Å². The average Bonchev–Trinajstić information content (AvgIpc) is 2.74. The summed E-state index contributed by atoms with van der Waals surface area (Å²) in [4.78, 5) is 6.51. The lowest BCUT2D eigenvalue weighted by atomic mass is 10.5. The van der Waals surface area contributed by atoms with Crippen molar-refractivity contribution in [3.63, 3.8) is 0 Å². The molecule has 0 aliphatic rings. The van der Waals surface area contributed by atoms with Crippen molar-refractivity contribution in [1.29, 1.82) is 5.26 Å². The Labute approximate surface area is 76.7 Å². The van der Waals surface area contributed by atoms with Crippen LogP contribution in [0.25, 0.3) is 0 Å². The van der Waals surface area contributed by atoms with E-state index in [1.165, 1.54) is 0 Å². The average molecular weight is 171 g/mol. The van der Waals surface area contributed by atoms with Gasteiger partial charge >= 0.3 is 0 Å². The Balaban J connectivity index is 0.000000132. The number of aromatic nitrogens is 2. The van der Waals surface area contributed by atoms with Gasteiger partial charge in [-0.3, -0.25) is 4.98 Å². The van der Waals surface area contributed by atoms with Crippen LogP contribution in [0.4, 0.5) is 0 Å². The Hall–Kier alpha value is -2.08. The first kappa shape index (κ1) is 9.01. The van der Waals surface area contributed by atoms with Crippen LogP contribution in [-0.2, 0) is 0 Å². The molecule has 0 radical (unpaired) electrons. The van der Waals surface area contributed by atoms with Gasteiger partial charge in [0.15, 0.2) is 0 Å². The van der Waals surface area contributed by atoms with Gasteiger partial charge in [0.2, 0.25) is 0 Å². The first-order chi connectivity index (χ1) is 6.43. The van der Waals surface area contributed by atoms with Crippen LogP contribution in [0.5, 0.6) is 0 Å². The number of nitriles is 1. The van der Waals surface area contributed by atoms with E-state index in [-0.39, 0.29) is 0 Å². The van der Waals surface area contributed by atoms with Gasteiger partial charge in [-0.25, -0.2) is 0 Å². The molecule has 2 aromatic heterocycles. The van der Waals surface area contributed by atoms with Crippen molar-refractivity contribution in [2.75, 3.05) is 0 Å². The van der Waals surface area contributed by atoms with E-state index in [1.807, 2.05) is 24.3 Å². The maximum Gasteiger partial charge on any atom is 0.117 e. The van der Waals surface area contributed by atoms with Crippen LogP contribution in [0, 0.1) is 11.3 Å². The van der Waals surface area contributed by atoms with Gasteiger partial charge in [0.1, 0.15) is 11.8 Å². The van der Waals surface area contributed by atoms with Crippen molar-refractivity contribution in [2.45, 2.75) is 0 Å². The molecule has 2 aromatic rings. The summed E-state index contributed by atoms with van der Waals surface area (Å²) in [7, 11) is 0. The number of hydrogen-bond acceptors (Lipinski definition) is 2. The second-order valence-electron chi connectivity index (χ2n) is 2.22. The minimum atomic E-state index is 0.611. The second-order valence-corrected chi connectivity index (χ2v) is 2.22. The SMILES string of the molecule is N#Cc1ccc[nH]1.c1ccncc1. The van der Waals surface area contributed by atoms with E-state index in [0.717, 1.165) is 0 Å². The standard InChI is InChI=1S/C5H4N2.C5H5N/c6-4-5-2-1-3-7-5;1-2-4-6-5-3-1/h1-3,7H;1-5H. The second kappa shape index (κ2) is 5.56. The van der Waals surface area contributed by atoms with Gasteiger partial charge < -0.3 is 4.98 Å². The number of nitrogens with one attached hydrogen (secondary N) is 1. The van der Waals surface area contributed by atoms with Gasteiger partial charge in [-0.2, -0.15) is 5.26 Å². The summed E-state index contributed by atoms with van der Waals surface area (Å²) in [5.41, 5.74) is 0.611. The lowest BCUT2D eigenvalue weighted by Crippen LogP contribution is -1.64. The molecular weight excluding hydrogens is 162 g/mol. The highest BCUT2D eigenvalue weighted by Gasteiger charge is 1.80. The van der Waals surface area contributed by atoms with E-state index in [1.54, 1.807) is 30.7 Å². The molecular formula is C10H9N3. The van der Waals surface area contributed by atoms with Gasteiger partial charge in [0, 0.05) is 18.6 Å². The minimum absolute atomic E-state index is 0.611. The topological polar surface area (TPSA) is 52.5 Å². The van der Waals surface area contributed by atoms with Crippen LogP contribution >= 0.6 is 0 Å². The molecule has 0 saturated heterocycles. The third kappa shape index (κ3) is 3.73. The zero-order valence-corrected chi connectivity index (χ0v) is 7.01. The summed E-state index contributed by atoms with van der Waals surface area (Å²) in [5, 5.41) is 8.15. The highest BCUT2D eigenvalue weighted by atomic mass is 14.7. The Morgan fingerprint density at radius 3 is 2.15 bits per heavy atom. The number of H-pyrrole nitrogens is 1. The summed E-state index contributed by atoms with van der Waals surface area (Å²) in [6.07, 6.45) is 5.22. The lowest BCUT2D eigenvalue weighted by molar-refractivity contribution is 1.33. The molecule has 0 bridgehead atoms. The Morgan fingerprint density at radius 1 is 1.15 bits per heavy atom. The molecule has 3 heteroatoms. The third-order valence-electron chi connectivity index (χ3n) is 1.28. The van der Waals surface area contributed by atoms with Gasteiger partial charge in [-0.15, -0.1) is 0 Å². The highest BCUT2D eigenvalue weighted by Crippen LogP contribution is 1.87. The molecule has 0 unspecified atom stereocenters. The van der Waals surface area contributed by atoms with Crippen molar-refractivity contribution in [2.24, 2.45) is 0 Å². The lowest BCUT2D eigenvalue weighted by Gasteiger charge is -1.70. The van der Waals surface area contributed by atoms with Gasteiger partial charge in [0.05, 0.1) is 0 Å². The smallest absolute Gasteiger partial charge is 0.117 e.